The molecule has 0 bridgehead atoms. The monoisotopic (exact) mass is 426 g/mol. The molecule has 0 aliphatic carbocycles. The molecule has 0 saturated heterocycles. The molecule has 0 unspecified atom stereocenters. The van der Waals surface area contributed by atoms with E-state index in [4.69, 9.17) is 31.5 Å². The third-order valence-electron chi connectivity index (χ3n) is 4.92. The number of rotatable bonds is 5. The molecule has 1 aliphatic heterocycles. The molecule has 0 spiro atoms. The van der Waals surface area contributed by atoms with Crippen LogP contribution in [0.5, 0.6) is 5.75 Å². The van der Waals surface area contributed by atoms with Gasteiger partial charge in [0, 0.05) is 17.5 Å². The Bertz CT molecular complexity index is 1220. The first-order valence-corrected chi connectivity index (χ1v) is 9.63. The van der Waals surface area contributed by atoms with E-state index in [-0.39, 0.29) is 30.2 Å². The van der Waals surface area contributed by atoms with E-state index >= 15 is 0 Å². The number of methoxy groups -OCH3 is 1. The number of carbonyl (C=O) groups is 1. The number of hydrogen-bond donors (Lipinski definition) is 2. The van der Waals surface area contributed by atoms with Gasteiger partial charge in [-0.3, -0.25) is 4.79 Å². The topological polar surface area (TPSA) is 104 Å². The van der Waals surface area contributed by atoms with Crippen molar-refractivity contribution in [1.82, 2.24) is 4.98 Å². The van der Waals surface area contributed by atoms with E-state index in [9.17, 15) is 9.59 Å². The van der Waals surface area contributed by atoms with Crippen LogP contribution in [-0.4, -0.2) is 31.3 Å². The molecule has 0 amide bonds. The Hall–Kier alpha value is -3.29. The highest BCUT2D eigenvalue weighted by molar-refractivity contribution is 6.31. The number of ether oxygens (including phenoxy) is 3. The largest absolute Gasteiger partial charge is 0.460 e. The predicted octanol–water partition coefficient (Wildman–Crippen LogP) is 3.07. The van der Waals surface area contributed by atoms with E-state index in [1.54, 1.807) is 36.4 Å². The van der Waals surface area contributed by atoms with Crippen molar-refractivity contribution in [2.75, 3.05) is 20.3 Å². The lowest BCUT2D eigenvalue weighted by Crippen LogP contribution is -2.32. The third-order valence-corrected chi connectivity index (χ3v) is 5.26. The fourth-order valence-electron chi connectivity index (χ4n) is 3.59. The minimum Gasteiger partial charge on any atom is -0.460 e. The van der Waals surface area contributed by atoms with Crippen molar-refractivity contribution in [3.8, 4) is 5.75 Å². The van der Waals surface area contributed by atoms with Crippen LogP contribution in [0.25, 0.3) is 10.9 Å². The van der Waals surface area contributed by atoms with Crippen LogP contribution in [0.15, 0.2) is 64.8 Å². The van der Waals surface area contributed by atoms with E-state index in [2.05, 4.69) is 4.98 Å². The quantitative estimate of drug-likeness (QED) is 0.480. The first-order valence-electron chi connectivity index (χ1n) is 9.25. The maximum absolute atomic E-state index is 13.1. The second-order valence-electron chi connectivity index (χ2n) is 6.71. The summed E-state index contributed by atoms with van der Waals surface area (Å²) in [5, 5.41) is 1.05. The molecule has 1 aromatic heterocycles. The van der Waals surface area contributed by atoms with Gasteiger partial charge >= 0.3 is 5.97 Å². The summed E-state index contributed by atoms with van der Waals surface area (Å²) in [4.78, 5) is 28.9. The minimum absolute atomic E-state index is 0.0208. The van der Waals surface area contributed by atoms with Gasteiger partial charge in [-0.2, -0.15) is 0 Å². The summed E-state index contributed by atoms with van der Waals surface area (Å²) in [6.07, 6.45) is 0. The van der Waals surface area contributed by atoms with Gasteiger partial charge in [0.25, 0.3) is 5.56 Å². The lowest BCUT2D eigenvalue weighted by Gasteiger charge is -2.29. The Morgan fingerprint density at radius 1 is 1.17 bits per heavy atom. The number of halogens is 1. The number of para-hydroxylation sites is 1. The molecule has 4 rings (SSSR count). The smallest absolute Gasteiger partial charge is 0.340 e. The number of fused-ring (bicyclic) bond motifs is 3. The van der Waals surface area contributed by atoms with Crippen molar-refractivity contribution in [3.63, 3.8) is 0 Å². The number of nitrogens with two attached hydrogens (primary N) is 1. The molecule has 7 nitrogen and oxygen atoms in total. The molecule has 8 heteroatoms. The van der Waals surface area contributed by atoms with Crippen LogP contribution < -0.4 is 16.0 Å². The molecule has 154 valence electrons. The standard InChI is InChI=1S/C22H19ClN2O5/c1-28-10-11-29-22(27)18-16(12-6-2-4-8-14(12)23)17-19(30-20(18)24)13-7-3-5-9-15(13)25-21(17)26/h2-9,16H,10-11,24H2,1H3,(H,25,26)/t16-/m1/s1. The molecule has 0 radical (unpaired) electrons. The van der Waals surface area contributed by atoms with Crippen molar-refractivity contribution in [3.05, 3.63) is 86.5 Å². The lowest BCUT2D eigenvalue weighted by molar-refractivity contribution is -0.140. The average molecular weight is 427 g/mol. The molecule has 0 fully saturated rings. The second-order valence-corrected chi connectivity index (χ2v) is 7.11. The summed E-state index contributed by atoms with van der Waals surface area (Å²) in [6, 6.07) is 14.2. The van der Waals surface area contributed by atoms with Gasteiger partial charge in [0.1, 0.15) is 17.9 Å². The van der Waals surface area contributed by atoms with Gasteiger partial charge in [0.05, 0.1) is 23.6 Å². The van der Waals surface area contributed by atoms with Crippen molar-refractivity contribution in [2.24, 2.45) is 5.73 Å². The number of pyridine rings is 1. The van der Waals surface area contributed by atoms with Crippen LogP contribution in [0.1, 0.15) is 17.0 Å². The van der Waals surface area contributed by atoms with E-state index in [1.807, 2.05) is 12.1 Å². The molecule has 1 atom stereocenters. The highest BCUT2D eigenvalue weighted by Gasteiger charge is 2.39. The molecule has 1 aliphatic rings. The first-order chi connectivity index (χ1) is 14.5. The number of carbonyl (C=O) groups excluding carboxylic acids is 1. The fraction of sp³-hybridized carbons (Fsp3) is 0.182. The van der Waals surface area contributed by atoms with Gasteiger partial charge in [-0.1, -0.05) is 41.9 Å². The number of H-pyrrole nitrogens is 1. The molecule has 3 aromatic rings. The molecular weight excluding hydrogens is 408 g/mol. The van der Waals surface area contributed by atoms with Crippen LogP contribution in [0, 0.1) is 0 Å². The van der Waals surface area contributed by atoms with Crippen molar-refractivity contribution in [2.45, 2.75) is 5.92 Å². The summed E-state index contributed by atoms with van der Waals surface area (Å²) < 4.78 is 16.0. The zero-order valence-electron chi connectivity index (χ0n) is 16.1. The molecule has 3 N–H and O–H groups in total. The van der Waals surface area contributed by atoms with Crippen LogP contribution in [0.3, 0.4) is 0 Å². The molecule has 2 heterocycles. The minimum atomic E-state index is -0.856. The highest BCUT2D eigenvalue weighted by atomic mass is 35.5. The highest BCUT2D eigenvalue weighted by Crippen LogP contribution is 2.45. The molecule has 30 heavy (non-hydrogen) atoms. The Labute approximate surface area is 177 Å². The van der Waals surface area contributed by atoms with Gasteiger partial charge in [-0.05, 0) is 23.8 Å². The SMILES string of the molecule is COCCOC(=O)C1=C(N)Oc2c(c(=O)[nH]c3ccccc23)[C@H]1c1ccccc1Cl. The van der Waals surface area contributed by atoms with Gasteiger partial charge in [-0.15, -0.1) is 0 Å². The van der Waals surface area contributed by atoms with Gasteiger partial charge in [-0.25, -0.2) is 4.79 Å². The molecule has 0 saturated carbocycles. The van der Waals surface area contributed by atoms with E-state index in [1.165, 1.54) is 7.11 Å². The van der Waals surface area contributed by atoms with Gasteiger partial charge in [0.15, 0.2) is 0 Å². The molecule has 2 aromatic carbocycles. The van der Waals surface area contributed by atoms with Crippen molar-refractivity contribution in [1.29, 1.82) is 0 Å². The third kappa shape index (κ3) is 3.42. The number of hydrogen-bond acceptors (Lipinski definition) is 6. The zero-order chi connectivity index (χ0) is 21.3. The summed E-state index contributed by atoms with van der Waals surface area (Å²) in [7, 11) is 1.50. The van der Waals surface area contributed by atoms with Crippen LogP contribution in [-0.2, 0) is 14.3 Å². The normalized spacial score (nSPS) is 15.6. The summed E-state index contributed by atoms with van der Waals surface area (Å²) in [5.74, 6) is -1.39. The Balaban J connectivity index is 1.96. The molecular formula is C22H19ClN2O5. The number of benzene rings is 2. The Morgan fingerprint density at radius 3 is 2.67 bits per heavy atom. The number of nitrogens with one attached hydrogen (secondary N) is 1. The maximum Gasteiger partial charge on any atom is 0.340 e. The summed E-state index contributed by atoms with van der Waals surface area (Å²) >= 11 is 6.45. The maximum atomic E-state index is 13.1. The van der Waals surface area contributed by atoms with Crippen LogP contribution >= 0.6 is 11.6 Å². The van der Waals surface area contributed by atoms with E-state index in [0.29, 0.717) is 27.2 Å². The number of esters is 1. The number of aromatic amines is 1. The van der Waals surface area contributed by atoms with E-state index in [0.717, 1.165) is 0 Å². The average Bonchev–Trinajstić information content (AvgIpc) is 2.73. The van der Waals surface area contributed by atoms with E-state index < -0.39 is 17.4 Å². The van der Waals surface area contributed by atoms with Crippen LogP contribution in [0.2, 0.25) is 5.02 Å². The van der Waals surface area contributed by atoms with Crippen LogP contribution in [0.4, 0.5) is 0 Å². The lowest BCUT2D eigenvalue weighted by atomic mass is 9.83. The van der Waals surface area contributed by atoms with Crippen molar-refractivity contribution < 1.29 is 19.0 Å². The first kappa shape index (κ1) is 20.0. The Morgan fingerprint density at radius 2 is 1.90 bits per heavy atom. The summed E-state index contributed by atoms with van der Waals surface area (Å²) in [6.45, 7) is 0.251. The second kappa shape index (κ2) is 8.22. The van der Waals surface area contributed by atoms with Gasteiger partial charge < -0.3 is 24.9 Å². The number of aromatic nitrogens is 1. The zero-order valence-corrected chi connectivity index (χ0v) is 16.9. The predicted molar refractivity (Wildman–Crippen MR) is 113 cm³/mol. The van der Waals surface area contributed by atoms with Gasteiger partial charge in [0.2, 0.25) is 5.88 Å². The summed E-state index contributed by atoms with van der Waals surface area (Å²) in [5.41, 5.74) is 7.20. The fourth-order valence-corrected chi connectivity index (χ4v) is 3.83. The Kier molecular flexibility index (Phi) is 5.48. The van der Waals surface area contributed by atoms with Crippen molar-refractivity contribution >= 4 is 28.5 Å².